The van der Waals surface area contributed by atoms with Crippen LogP contribution in [0.4, 0.5) is 35.1 Å². The summed E-state index contributed by atoms with van der Waals surface area (Å²) in [4.78, 5) is 43.8. The molecule has 8 rings (SSSR count). The van der Waals surface area contributed by atoms with Gasteiger partial charge in [0.2, 0.25) is 5.91 Å². The minimum Gasteiger partial charge on any atom is -0.348 e. The van der Waals surface area contributed by atoms with Crippen LogP contribution in [0.2, 0.25) is 0 Å². The highest BCUT2D eigenvalue weighted by molar-refractivity contribution is 6.00. The highest BCUT2D eigenvalue weighted by atomic mass is 19.3. The molecule has 2 aliphatic heterocycles. The molecule has 0 radical (unpaired) electrons. The van der Waals surface area contributed by atoms with Crippen molar-refractivity contribution in [3.63, 3.8) is 0 Å². The number of carbonyl (C=O) groups is 3. The quantitative estimate of drug-likeness (QED) is 0.135. The minimum absolute atomic E-state index is 0.0103. The van der Waals surface area contributed by atoms with E-state index >= 15 is 8.78 Å². The van der Waals surface area contributed by atoms with Crippen LogP contribution in [0, 0.1) is 11.6 Å². The second-order valence-electron chi connectivity index (χ2n) is 13.8. The molecule has 4 heterocycles. The van der Waals surface area contributed by atoms with E-state index in [1.807, 2.05) is 0 Å². The van der Waals surface area contributed by atoms with Gasteiger partial charge in [-0.25, -0.2) is 31.3 Å². The number of rotatable bonds is 9. The summed E-state index contributed by atoms with van der Waals surface area (Å²) in [5.41, 5.74) is -0.981. The fourth-order valence-electron chi connectivity index (χ4n) is 7.49. The van der Waals surface area contributed by atoms with Crippen LogP contribution in [-0.2, 0) is 42.7 Å². The summed E-state index contributed by atoms with van der Waals surface area (Å²) < 4.78 is 117. The lowest BCUT2D eigenvalue weighted by atomic mass is 9.89. The number of halogens is 8. The zero-order valence-corrected chi connectivity index (χ0v) is 28.8. The maximum Gasteiger partial charge on any atom is 0.290 e. The van der Waals surface area contributed by atoms with E-state index in [0.717, 1.165) is 17.7 Å². The topological polar surface area (TPSA) is 118 Å². The number of hydrogen-bond donors (Lipinski definition) is 3. The SMILES string of the molecule is O=C(Cn1nc(C(F)F)c2c1C(F)(F)CCC2(F)F)N[C@@H](Cc1cc(F)cc(F)c1)c1nc(-c2ccc3c(c2)C(=O)NC3)ccc1-c1ccc2c(c1)C(=O)NC2. The van der Waals surface area contributed by atoms with Crippen LogP contribution in [0.1, 0.15) is 85.4 Å². The molecule has 0 saturated carbocycles. The van der Waals surface area contributed by atoms with Gasteiger partial charge in [-0.1, -0.05) is 30.3 Å². The number of nitrogens with zero attached hydrogens (tertiary/aromatic N) is 3. The molecule has 0 fully saturated rings. The number of benzene rings is 3. The fourth-order valence-corrected chi connectivity index (χ4v) is 7.49. The number of fused-ring (bicyclic) bond motifs is 3. The molecular formula is C39H28F8N6O3. The first-order chi connectivity index (χ1) is 26.6. The Kier molecular flexibility index (Phi) is 8.92. The molecule has 56 heavy (non-hydrogen) atoms. The third kappa shape index (κ3) is 6.64. The Bertz CT molecular complexity index is 2450. The first kappa shape index (κ1) is 36.8. The number of carbonyl (C=O) groups excluding carboxylic acids is 3. The van der Waals surface area contributed by atoms with Gasteiger partial charge in [-0.2, -0.15) is 13.9 Å². The largest absolute Gasteiger partial charge is 0.348 e. The molecule has 3 N–H and O–H groups in total. The second-order valence-corrected chi connectivity index (χ2v) is 13.8. The highest BCUT2D eigenvalue weighted by Crippen LogP contribution is 2.52. The normalized spacial score (nSPS) is 16.9. The van der Waals surface area contributed by atoms with E-state index in [9.17, 15) is 40.7 Å². The maximum atomic E-state index is 15.2. The molecule has 9 nitrogen and oxygen atoms in total. The first-order valence-electron chi connectivity index (χ1n) is 17.3. The lowest BCUT2D eigenvalue weighted by Gasteiger charge is -2.29. The number of alkyl halides is 6. The number of aromatic nitrogens is 3. The smallest absolute Gasteiger partial charge is 0.290 e. The van der Waals surface area contributed by atoms with Crippen LogP contribution in [0.25, 0.3) is 22.4 Å². The summed E-state index contributed by atoms with van der Waals surface area (Å²) in [7, 11) is 0. The predicted octanol–water partition coefficient (Wildman–Crippen LogP) is 7.39. The van der Waals surface area contributed by atoms with E-state index in [1.54, 1.807) is 48.5 Å². The zero-order chi connectivity index (χ0) is 39.7. The molecule has 3 aromatic carbocycles. The van der Waals surface area contributed by atoms with Crippen LogP contribution in [0.3, 0.4) is 0 Å². The molecule has 1 atom stereocenters. The highest BCUT2D eigenvalue weighted by Gasteiger charge is 2.55. The van der Waals surface area contributed by atoms with Crippen molar-refractivity contribution in [2.24, 2.45) is 0 Å². The Morgan fingerprint density at radius 2 is 1.38 bits per heavy atom. The summed E-state index contributed by atoms with van der Waals surface area (Å²) in [6.07, 6.45) is -6.85. The van der Waals surface area contributed by atoms with E-state index in [4.69, 9.17) is 4.98 Å². The van der Waals surface area contributed by atoms with Gasteiger partial charge >= 0.3 is 0 Å². The number of hydrogen-bond acceptors (Lipinski definition) is 5. The molecule has 3 aliphatic rings. The van der Waals surface area contributed by atoms with Gasteiger partial charge in [0.15, 0.2) is 0 Å². The summed E-state index contributed by atoms with van der Waals surface area (Å²) in [6, 6.07) is 14.5. The Hall–Kier alpha value is -6.13. The number of nitrogens with one attached hydrogen (secondary N) is 3. The molecule has 1 aliphatic carbocycles. The Balaban J connectivity index is 1.25. The number of amides is 3. The Morgan fingerprint density at radius 3 is 2.02 bits per heavy atom. The van der Waals surface area contributed by atoms with Crippen molar-refractivity contribution in [1.82, 2.24) is 30.7 Å². The van der Waals surface area contributed by atoms with Gasteiger partial charge < -0.3 is 16.0 Å². The third-order valence-electron chi connectivity index (χ3n) is 10.1. The van der Waals surface area contributed by atoms with E-state index in [-0.39, 0.29) is 46.4 Å². The standard InChI is InChI=1S/C39H28F8N6O3/c40-23-9-18(10-24(41)14-23)11-29(50-30(54)17-53-34-31(33(52-53)35(42)43)38(44,45)7-8-39(34,46)47)32-25(19-1-3-21-15-48-36(55)26(21)12-19)5-6-28(51-32)20-2-4-22-16-49-37(56)27(22)13-20/h1-6,9-10,12-14,29,35H,7-8,11,15-17H2,(H,48,55)(H,49,56)(H,50,54)/t29-/m0/s1. The van der Waals surface area contributed by atoms with Crippen LogP contribution in [0.5, 0.6) is 0 Å². The van der Waals surface area contributed by atoms with Crippen molar-refractivity contribution in [1.29, 1.82) is 0 Å². The lowest BCUT2D eigenvalue weighted by molar-refractivity contribution is -0.123. The summed E-state index contributed by atoms with van der Waals surface area (Å²) in [6.45, 7) is -0.621. The van der Waals surface area contributed by atoms with Crippen LogP contribution in [0.15, 0.2) is 66.7 Å². The van der Waals surface area contributed by atoms with Crippen LogP contribution >= 0.6 is 0 Å². The van der Waals surface area contributed by atoms with Gasteiger partial charge in [-0.15, -0.1) is 0 Å². The Morgan fingerprint density at radius 1 is 0.768 bits per heavy atom. The molecule has 288 valence electrons. The summed E-state index contributed by atoms with van der Waals surface area (Å²) in [5, 5.41) is 11.4. The van der Waals surface area contributed by atoms with Gasteiger partial charge in [-0.05, 0) is 59.0 Å². The molecule has 3 amide bonds. The van der Waals surface area contributed by atoms with Gasteiger partial charge in [0.1, 0.15) is 29.6 Å². The second kappa shape index (κ2) is 13.6. The summed E-state index contributed by atoms with van der Waals surface area (Å²) >= 11 is 0. The van der Waals surface area contributed by atoms with Crippen molar-refractivity contribution in [2.45, 2.75) is 63.2 Å². The lowest BCUT2D eigenvalue weighted by Crippen LogP contribution is -2.37. The van der Waals surface area contributed by atoms with Crippen molar-refractivity contribution in [3.8, 4) is 22.4 Å². The average molecular weight is 781 g/mol. The van der Waals surface area contributed by atoms with Crippen LogP contribution in [-0.4, -0.2) is 32.5 Å². The first-order valence-corrected chi connectivity index (χ1v) is 17.3. The fraction of sp³-hybridized carbons (Fsp3) is 0.256. The van der Waals surface area contributed by atoms with Gasteiger partial charge in [0.05, 0.1) is 23.0 Å². The van der Waals surface area contributed by atoms with Crippen molar-refractivity contribution in [3.05, 3.63) is 129 Å². The minimum atomic E-state index is -4.08. The molecule has 0 saturated heterocycles. The summed E-state index contributed by atoms with van der Waals surface area (Å²) in [5.74, 6) is -11.9. The zero-order valence-electron chi connectivity index (χ0n) is 28.8. The molecule has 5 aromatic rings. The van der Waals surface area contributed by atoms with Crippen molar-refractivity contribution in [2.75, 3.05) is 0 Å². The number of pyridine rings is 1. The van der Waals surface area contributed by atoms with Crippen LogP contribution < -0.4 is 16.0 Å². The van der Waals surface area contributed by atoms with Gasteiger partial charge in [0, 0.05) is 54.3 Å². The van der Waals surface area contributed by atoms with Gasteiger partial charge in [-0.3, -0.25) is 19.1 Å². The molecule has 2 aromatic heterocycles. The Labute approximate surface area is 312 Å². The monoisotopic (exact) mass is 780 g/mol. The molecule has 17 heteroatoms. The van der Waals surface area contributed by atoms with Gasteiger partial charge in [0.25, 0.3) is 30.1 Å². The van der Waals surface area contributed by atoms with E-state index in [2.05, 4.69) is 21.0 Å². The molecule has 0 unspecified atom stereocenters. The predicted molar refractivity (Wildman–Crippen MR) is 183 cm³/mol. The maximum absolute atomic E-state index is 15.2. The van der Waals surface area contributed by atoms with Crippen molar-refractivity contribution < 1.29 is 49.5 Å². The van der Waals surface area contributed by atoms with E-state index < -0.39 is 78.2 Å². The molecular weight excluding hydrogens is 752 g/mol. The van der Waals surface area contributed by atoms with E-state index in [0.29, 0.717) is 46.0 Å². The molecule has 0 spiro atoms. The van der Waals surface area contributed by atoms with E-state index in [1.165, 1.54) is 0 Å². The third-order valence-corrected chi connectivity index (χ3v) is 10.1. The molecule has 0 bridgehead atoms. The van der Waals surface area contributed by atoms with Crippen molar-refractivity contribution >= 4 is 17.7 Å². The average Bonchev–Trinajstić information content (AvgIpc) is 3.84.